The van der Waals surface area contributed by atoms with Crippen LogP contribution in [0.1, 0.15) is 495 Å². The van der Waals surface area contributed by atoms with Crippen LogP contribution in [0.2, 0.25) is 0 Å². The summed E-state index contributed by atoms with van der Waals surface area (Å²) in [5.41, 5.74) is 5.17. The van der Waals surface area contributed by atoms with E-state index in [0.29, 0.717) is 17.6 Å². The third-order valence-corrected chi connectivity index (χ3v) is 24.8. The number of hydrogen-bond acceptors (Lipinski definition) is 6. The van der Waals surface area contributed by atoms with Gasteiger partial charge in [0.2, 0.25) is 0 Å². The smallest absolute Gasteiger partial charge is 0.152 e. The van der Waals surface area contributed by atoms with Crippen molar-refractivity contribution in [3.63, 3.8) is 0 Å². The quantitative estimate of drug-likeness (QED) is 0.0242. The highest BCUT2D eigenvalue weighted by molar-refractivity contribution is 5.87. The Kier molecular flexibility index (Phi) is 90.2. The maximum atomic E-state index is 11.0. The number of rotatable bonds is 69. The van der Waals surface area contributed by atoms with E-state index in [9.17, 15) is 24.6 Å². The predicted octanol–water partition coefficient (Wildman–Crippen LogP) is 34.9. The summed E-state index contributed by atoms with van der Waals surface area (Å²) in [6.45, 7) is 71.2. The number of aliphatic hydroxyl groups is 3. The number of terminal acetylenes is 1. The standard InChI is InChI=1S/C20H40O.C20H38O.C20H40O.C18H36O.C18H30O.C15H26O/c2*1-7-19(15-16-20(6,21)8-2)14-10-13-18(5)12-9-11-17(3)4;1-6-20(14-13-19(5)15-16-21)12-8-11-18(4)10-7-9-17(2)3;2*1-6-18(14-13-17(5)19)12-8-11-16(4)10-7-9-15(2)3;1-5-15(12-16)11-7-10-14(4)9-6-8-13(2)3/h8,17-19,21H,2,7,9-16H2,1,3-6H3;2,17-19,21H,7,9-16H2,1,3-6H3;15,17-18,20-21H,6-14,16H2,1-5H3;15-16,18H,6-14H2,1-5H3;9,13-14,18H,4,6-8,10-12H2,1-3,5H3;8,12,15H,4-7,9-11H2,1-3H3/b;;;;14-13+;. The normalized spacial score (nSPS) is 15.0. The molecule has 3 N–H and O–H groups in total. The van der Waals surface area contributed by atoms with E-state index in [1.54, 1.807) is 32.9 Å². The Labute approximate surface area is 735 Å². The Morgan fingerprint density at radius 1 is 0.393 bits per heavy atom. The number of Topliss-reactive ketones (excluding diaryl/α,β-unsaturated/α-hetero) is 1. The summed E-state index contributed by atoms with van der Waals surface area (Å²) >= 11 is 0. The summed E-state index contributed by atoms with van der Waals surface area (Å²) in [6.07, 6.45) is 77.3. The van der Waals surface area contributed by atoms with Crippen LogP contribution in [0, 0.1) is 95.2 Å². The molecule has 0 bridgehead atoms. The Balaban J connectivity index is -0.000000317. The zero-order chi connectivity index (χ0) is 90.4. The molecule has 6 nitrogen and oxygen atoms in total. The maximum absolute atomic E-state index is 11.0. The highest BCUT2D eigenvalue weighted by Gasteiger charge is 2.21. The molecule has 0 saturated carbocycles. The highest BCUT2D eigenvalue weighted by Crippen LogP contribution is 2.31. The van der Waals surface area contributed by atoms with E-state index in [0.717, 1.165) is 187 Å². The molecule has 690 valence electrons. The summed E-state index contributed by atoms with van der Waals surface area (Å²) in [4.78, 5) is 32.6. The van der Waals surface area contributed by atoms with Gasteiger partial charge in [-0.1, -0.05) is 382 Å². The second-order valence-corrected chi connectivity index (χ2v) is 40.0. The van der Waals surface area contributed by atoms with E-state index < -0.39 is 11.2 Å². The number of carbonyl (C=O) groups is 3. The minimum Gasteiger partial charge on any atom is -0.392 e. The van der Waals surface area contributed by atoms with Crippen molar-refractivity contribution in [3.8, 4) is 12.3 Å². The number of allylic oxidation sites excluding steroid dienone is 9. The fourth-order valence-corrected chi connectivity index (χ4v) is 15.2. The summed E-state index contributed by atoms with van der Waals surface area (Å²) < 4.78 is 0. The van der Waals surface area contributed by atoms with Crippen LogP contribution in [-0.2, 0) is 14.4 Å². The predicted molar refractivity (Wildman–Crippen MR) is 527 cm³/mol. The number of carbonyl (C=O) groups excluding carboxylic acids is 3. The fraction of sp³-hybridized carbons (Fsp3) is 0.829. The van der Waals surface area contributed by atoms with Crippen LogP contribution in [0.5, 0.6) is 0 Å². The number of aliphatic hydroxyl groups excluding tert-OH is 1. The van der Waals surface area contributed by atoms with Crippen molar-refractivity contribution in [1.82, 2.24) is 0 Å². The van der Waals surface area contributed by atoms with Gasteiger partial charge in [-0.25, -0.2) is 0 Å². The van der Waals surface area contributed by atoms with Gasteiger partial charge in [-0.15, -0.1) is 13.0 Å². The molecule has 0 aliphatic carbocycles. The summed E-state index contributed by atoms with van der Waals surface area (Å²) in [6, 6.07) is 0. The summed E-state index contributed by atoms with van der Waals surface area (Å²) in [7, 11) is 0. The van der Waals surface area contributed by atoms with Crippen LogP contribution >= 0.6 is 0 Å². The van der Waals surface area contributed by atoms with Crippen LogP contribution in [0.3, 0.4) is 0 Å². The van der Waals surface area contributed by atoms with Gasteiger partial charge in [0.1, 0.15) is 17.7 Å². The van der Waals surface area contributed by atoms with Crippen molar-refractivity contribution in [2.24, 2.45) is 82.9 Å². The van der Waals surface area contributed by atoms with Gasteiger partial charge in [0.05, 0.1) is 12.2 Å². The lowest BCUT2D eigenvalue weighted by molar-refractivity contribution is -0.117. The SMILES string of the molecule is C#CC(C)(O)CCC(CC)CCCC(C)CCCC(C)C.C=C(CCC=C(C)C)CCCC(/C=C/C(C)=O)CC.C=C(CCC=C(C)C)CCCC(C=O)CC.C=CC(C)(O)CCC(CC)CCCC(C)CCCC(C)C.CCC(CCCC(C)CCCC(C)C)CCC(C)=CCO.CCC(CCCC(C)CCCC(C)C)CCC(C)=O. The largest absolute Gasteiger partial charge is 0.392 e. The van der Waals surface area contributed by atoms with E-state index in [4.69, 9.17) is 11.5 Å². The van der Waals surface area contributed by atoms with E-state index >= 15 is 0 Å². The van der Waals surface area contributed by atoms with Crippen LogP contribution < -0.4 is 0 Å². The molecule has 0 amide bonds. The van der Waals surface area contributed by atoms with Gasteiger partial charge >= 0.3 is 0 Å². The molecule has 0 fully saturated rings. The molecule has 0 radical (unpaired) electrons. The van der Waals surface area contributed by atoms with Gasteiger partial charge in [-0.2, -0.15) is 0 Å². The minimum atomic E-state index is -0.919. The third-order valence-electron chi connectivity index (χ3n) is 24.8. The Morgan fingerprint density at radius 3 is 0.983 bits per heavy atom. The lowest BCUT2D eigenvalue weighted by Gasteiger charge is -2.22. The van der Waals surface area contributed by atoms with Crippen LogP contribution in [0.25, 0.3) is 0 Å². The first-order valence-electron chi connectivity index (χ1n) is 49.7. The van der Waals surface area contributed by atoms with Crippen LogP contribution in [0.4, 0.5) is 0 Å². The topological polar surface area (TPSA) is 112 Å². The Morgan fingerprint density at radius 2 is 0.709 bits per heavy atom. The minimum absolute atomic E-state index is 0.143. The molecule has 117 heavy (non-hydrogen) atoms. The van der Waals surface area contributed by atoms with E-state index in [1.807, 2.05) is 13.0 Å². The van der Waals surface area contributed by atoms with Gasteiger partial charge in [0.25, 0.3) is 0 Å². The second-order valence-electron chi connectivity index (χ2n) is 40.0. The molecule has 0 aromatic rings. The average molecular weight is 1640 g/mol. The lowest BCUT2D eigenvalue weighted by atomic mass is 9.87. The van der Waals surface area contributed by atoms with Gasteiger partial charge in [0.15, 0.2) is 5.78 Å². The zero-order valence-corrected chi connectivity index (χ0v) is 84.0. The molecular weight excluding hydrogens is 1430 g/mol. The Hall–Kier alpha value is -3.37. The van der Waals surface area contributed by atoms with Gasteiger partial charge in [0, 0.05) is 12.3 Å². The van der Waals surface area contributed by atoms with Crippen molar-refractivity contribution in [2.45, 2.75) is 506 Å². The first-order valence-corrected chi connectivity index (χ1v) is 49.7. The molecule has 0 aliphatic heterocycles. The van der Waals surface area contributed by atoms with Gasteiger partial charge in [-0.05, 0) is 267 Å². The third kappa shape index (κ3) is 98.0. The molecule has 0 aromatic carbocycles. The average Bonchev–Trinajstić information content (AvgIpc) is 0.935. The van der Waals surface area contributed by atoms with Crippen molar-refractivity contribution in [3.05, 3.63) is 84.1 Å². The molecule has 0 aromatic heterocycles. The zero-order valence-electron chi connectivity index (χ0n) is 84.0. The van der Waals surface area contributed by atoms with Crippen molar-refractivity contribution < 1.29 is 29.7 Å². The van der Waals surface area contributed by atoms with Crippen LogP contribution in [0.15, 0.2) is 84.1 Å². The van der Waals surface area contributed by atoms with E-state index in [2.05, 4.69) is 203 Å². The molecule has 0 heterocycles. The van der Waals surface area contributed by atoms with Gasteiger partial charge < -0.3 is 24.9 Å². The van der Waals surface area contributed by atoms with Gasteiger partial charge in [-0.3, -0.25) is 4.79 Å². The molecule has 12 atom stereocenters. The number of ketones is 2. The van der Waals surface area contributed by atoms with Crippen LogP contribution in [-0.4, -0.2) is 51.0 Å². The van der Waals surface area contributed by atoms with Crippen molar-refractivity contribution >= 4 is 17.9 Å². The molecule has 12 unspecified atom stereocenters. The van der Waals surface area contributed by atoms with E-state index in [-0.39, 0.29) is 18.3 Å². The molecule has 6 heteroatoms. The number of aldehydes is 1. The molecule has 0 aliphatic rings. The molecule has 0 spiro atoms. The first-order chi connectivity index (χ1) is 55.1. The molecule has 0 saturated heterocycles. The molecular formula is C111H210O6. The van der Waals surface area contributed by atoms with Crippen molar-refractivity contribution in [2.75, 3.05) is 6.61 Å². The fourth-order valence-electron chi connectivity index (χ4n) is 15.2. The second kappa shape index (κ2) is 84.8. The summed E-state index contributed by atoms with van der Waals surface area (Å²) in [5.74, 6) is 13.8. The lowest BCUT2D eigenvalue weighted by Crippen LogP contribution is -2.22. The maximum Gasteiger partial charge on any atom is 0.152 e. The Bertz CT molecular complexity index is 2440. The number of hydrogen-bond donors (Lipinski definition) is 3. The highest BCUT2D eigenvalue weighted by atomic mass is 16.3. The molecule has 0 rings (SSSR count). The monoisotopic (exact) mass is 1640 g/mol. The summed E-state index contributed by atoms with van der Waals surface area (Å²) in [5, 5.41) is 28.8. The van der Waals surface area contributed by atoms with E-state index in [1.165, 1.54) is 220 Å². The van der Waals surface area contributed by atoms with Crippen molar-refractivity contribution in [1.29, 1.82) is 0 Å². The first kappa shape index (κ1) is 124.